The van der Waals surface area contributed by atoms with Gasteiger partial charge in [-0.3, -0.25) is 19.5 Å². The Morgan fingerprint density at radius 2 is 1.72 bits per heavy atom. The molecule has 9 heteroatoms. The molecule has 0 radical (unpaired) electrons. The number of aromatic nitrogens is 2. The number of nitrogens with zero attached hydrogens (tertiary/aromatic N) is 3. The van der Waals surface area contributed by atoms with Crippen molar-refractivity contribution in [3.63, 3.8) is 0 Å². The van der Waals surface area contributed by atoms with Crippen LogP contribution in [0.1, 0.15) is 32.0 Å². The van der Waals surface area contributed by atoms with E-state index < -0.39 is 23.2 Å². The van der Waals surface area contributed by atoms with E-state index in [2.05, 4.69) is 10.2 Å². The molecule has 0 aliphatic carbocycles. The van der Waals surface area contributed by atoms with E-state index in [1.165, 1.54) is 41.1 Å². The minimum Gasteiger partial charge on any atom is -0.508 e. The Hall–Kier alpha value is -4.53. The standard InChI is InChI=1S/C23H15FN4O4/c1-12-19(23(32)27(26-12)15-7-5-14(24)6-8-15)11-25-28-21(30)17-4-2-3-13-9-16(29)10-18(20(13)17)22(28)31/h2-11,26,29H,1H3/b25-11+. The smallest absolute Gasteiger partial charge is 0.282 e. The molecule has 8 nitrogen and oxygen atoms in total. The number of aromatic amines is 1. The van der Waals surface area contributed by atoms with Crippen molar-refractivity contribution in [2.45, 2.75) is 6.92 Å². The summed E-state index contributed by atoms with van der Waals surface area (Å²) < 4.78 is 14.4. The summed E-state index contributed by atoms with van der Waals surface area (Å²) in [6.07, 6.45) is 1.14. The molecule has 0 spiro atoms. The van der Waals surface area contributed by atoms with E-state index in [4.69, 9.17) is 0 Å². The van der Waals surface area contributed by atoms with E-state index in [9.17, 15) is 23.9 Å². The van der Waals surface area contributed by atoms with Gasteiger partial charge in [-0.15, -0.1) is 0 Å². The molecule has 158 valence electrons. The third-order valence-electron chi connectivity index (χ3n) is 5.31. The number of hydrogen-bond acceptors (Lipinski definition) is 5. The fourth-order valence-corrected chi connectivity index (χ4v) is 3.78. The molecule has 0 atom stereocenters. The van der Waals surface area contributed by atoms with Gasteiger partial charge in [0.05, 0.1) is 28.6 Å². The monoisotopic (exact) mass is 430 g/mol. The number of phenols is 1. The molecule has 0 saturated heterocycles. The van der Waals surface area contributed by atoms with Crippen LogP contribution in [-0.4, -0.2) is 37.9 Å². The minimum atomic E-state index is -0.710. The number of carbonyl (C=O) groups excluding carboxylic acids is 2. The van der Waals surface area contributed by atoms with Crippen LogP contribution in [0.5, 0.6) is 5.75 Å². The Bertz CT molecular complexity index is 1520. The number of aromatic hydroxyl groups is 1. The fourth-order valence-electron chi connectivity index (χ4n) is 3.78. The van der Waals surface area contributed by atoms with Crippen molar-refractivity contribution in [2.75, 3.05) is 0 Å². The van der Waals surface area contributed by atoms with Gasteiger partial charge in [-0.25, -0.2) is 9.07 Å². The van der Waals surface area contributed by atoms with Crippen molar-refractivity contribution in [1.82, 2.24) is 14.8 Å². The lowest BCUT2D eigenvalue weighted by Crippen LogP contribution is -2.36. The SMILES string of the molecule is Cc1[nH]n(-c2ccc(F)cc2)c(=O)c1/C=N/N1C(=O)c2cccc3cc(O)cc(c23)C1=O. The van der Waals surface area contributed by atoms with Crippen LogP contribution in [0.4, 0.5) is 4.39 Å². The Morgan fingerprint density at radius 3 is 2.47 bits per heavy atom. The first-order chi connectivity index (χ1) is 15.3. The molecule has 0 bridgehead atoms. The number of benzene rings is 3. The highest BCUT2D eigenvalue weighted by molar-refractivity contribution is 6.25. The van der Waals surface area contributed by atoms with Crippen molar-refractivity contribution in [3.8, 4) is 11.4 Å². The average Bonchev–Trinajstić information content (AvgIpc) is 3.05. The lowest BCUT2D eigenvalue weighted by Gasteiger charge is -2.23. The second kappa shape index (κ2) is 7.02. The van der Waals surface area contributed by atoms with Crippen LogP contribution >= 0.6 is 0 Å². The maximum Gasteiger partial charge on any atom is 0.282 e. The van der Waals surface area contributed by atoms with Gasteiger partial charge < -0.3 is 5.11 Å². The summed E-state index contributed by atoms with van der Waals surface area (Å²) in [5, 5.41) is 18.5. The van der Waals surface area contributed by atoms with Gasteiger partial charge in [-0.2, -0.15) is 10.1 Å². The summed E-state index contributed by atoms with van der Waals surface area (Å²) in [6, 6.07) is 13.0. The lowest BCUT2D eigenvalue weighted by molar-refractivity contribution is 0.0616. The van der Waals surface area contributed by atoms with Crippen molar-refractivity contribution in [3.05, 3.63) is 93.2 Å². The second-order valence-electron chi connectivity index (χ2n) is 7.33. The third kappa shape index (κ3) is 2.90. The zero-order valence-corrected chi connectivity index (χ0v) is 16.7. The molecule has 2 heterocycles. The molecule has 2 amide bonds. The Balaban J connectivity index is 1.56. The van der Waals surface area contributed by atoms with Crippen LogP contribution in [0.25, 0.3) is 16.5 Å². The first-order valence-electron chi connectivity index (χ1n) is 9.61. The number of phenolic OH excluding ortho intramolecular Hbond substituents is 1. The lowest BCUT2D eigenvalue weighted by atomic mass is 9.94. The van der Waals surface area contributed by atoms with Gasteiger partial charge in [0.25, 0.3) is 17.4 Å². The predicted octanol–water partition coefficient (Wildman–Crippen LogP) is 3.10. The number of carbonyl (C=O) groups is 2. The summed E-state index contributed by atoms with van der Waals surface area (Å²) >= 11 is 0. The largest absolute Gasteiger partial charge is 0.508 e. The molecule has 1 aliphatic heterocycles. The maximum absolute atomic E-state index is 13.2. The number of hydrogen-bond donors (Lipinski definition) is 2. The molecular formula is C23H15FN4O4. The zero-order valence-electron chi connectivity index (χ0n) is 16.7. The van der Waals surface area contributed by atoms with E-state index >= 15 is 0 Å². The summed E-state index contributed by atoms with van der Waals surface area (Å²) in [5.74, 6) is -1.89. The van der Waals surface area contributed by atoms with Crippen LogP contribution < -0.4 is 5.56 Å². The van der Waals surface area contributed by atoms with Gasteiger partial charge in [0, 0.05) is 11.1 Å². The molecule has 1 aliphatic rings. The van der Waals surface area contributed by atoms with Crippen LogP contribution in [0.15, 0.2) is 64.5 Å². The summed E-state index contributed by atoms with van der Waals surface area (Å²) in [7, 11) is 0. The number of H-pyrrole nitrogens is 1. The van der Waals surface area contributed by atoms with Crippen molar-refractivity contribution >= 4 is 28.8 Å². The normalized spacial score (nSPS) is 13.5. The number of rotatable bonds is 3. The van der Waals surface area contributed by atoms with Gasteiger partial charge in [0.15, 0.2) is 0 Å². The van der Waals surface area contributed by atoms with Crippen LogP contribution in [0.2, 0.25) is 0 Å². The molecule has 0 unspecified atom stereocenters. The van der Waals surface area contributed by atoms with E-state index in [1.54, 1.807) is 25.1 Å². The highest BCUT2D eigenvalue weighted by Crippen LogP contribution is 2.33. The van der Waals surface area contributed by atoms with Gasteiger partial charge in [-0.05, 0) is 54.8 Å². The van der Waals surface area contributed by atoms with Crippen LogP contribution in [0, 0.1) is 12.7 Å². The summed E-state index contributed by atoms with van der Waals surface area (Å²) in [6.45, 7) is 1.64. The fraction of sp³-hybridized carbons (Fsp3) is 0.0435. The number of nitrogens with one attached hydrogen (secondary N) is 1. The van der Waals surface area contributed by atoms with E-state index in [0.29, 0.717) is 27.2 Å². The summed E-state index contributed by atoms with van der Waals surface area (Å²) in [4.78, 5) is 38.8. The highest BCUT2D eigenvalue weighted by atomic mass is 19.1. The molecule has 2 N–H and O–H groups in total. The second-order valence-corrected chi connectivity index (χ2v) is 7.33. The zero-order chi connectivity index (χ0) is 22.6. The number of halogens is 1. The van der Waals surface area contributed by atoms with Crippen molar-refractivity contribution in [1.29, 1.82) is 0 Å². The first kappa shape index (κ1) is 19.4. The molecule has 32 heavy (non-hydrogen) atoms. The molecule has 0 fully saturated rings. The van der Waals surface area contributed by atoms with E-state index in [1.807, 2.05) is 0 Å². The first-order valence-corrected chi connectivity index (χ1v) is 9.61. The van der Waals surface area contributed by atoms with Crippen LogP contribution in [-0.2, 0) is 0 Å². The number of amides is 2. The number of imide groups is 1. The number of aryl methyl sites for hydroxylation is 1. The van der Waals surface area contributed by atoms with Gasteiger partial charge in [0.1, 0.15) is 11.6 Å². The minimum absolute atomic E-state index is 0.111. The van der Waals surface area contributed by atoms with Crippen molar-refractivity contribution < 1.29 is 19.1 Å². The topological polar surface area (TPSA) is 108 Å². The van der Waals surface area contributed by atoms with Gasteiger partial charge in [-0.1, -0.05) is 12.1 Å². The molecule has 3 aromatic carbocycles. The Morgan fingerprint density at radius 1 is 1.00 bits per heavy atom. The van der Waals surface area contributed by atoms with Gasteiger partial charge in [0.2, 0.25) is 0 Å². The average molecular weight is 430 g/mol. The Labute approximate surface area is 179 Å². The van der Waals surface area contributed by atoms with E-state index in [0.717, 1.165) is 6.21 Å². The maximum atomic E-state index is 13.2. The molecule has 1 aromatic heterocycles. The molecule has 4 aromatic rings. The van der Waals surface area contributed by atoms with Crippen LogP contribution in [0.3, 0.4) is 0 Å². The Kier molecular flexibility index (Phi) is 4.26. The predicted molar refractivity (Wildman–Crippen MR) is 115 cm³/mol. The van der Waals surface area contributed by atoms with E-state index in [-0.39, 0.29) is 22.4 Å². The molecular weight excluding hydrogens is 415 g/mol. The highest BCUT2D eigenvalue weighted by Gasteiger charge is 2.33. The molecule has 5 rings (SSSR count). The van der Waals surface area contributed by atoms with Gasteiger partial charge >= 0.3 is 0 Å². The third-order valence-corrected chi connectivity index (χ3v) is 5.31. The summed E-state index contributed by atoms with van der Waals surface area (Å²) in [5.41, 5.74) is 0.927. The number of hydrazone groups is 1. The molecule has 0 saturated carbocycles. The quantitative estimate of drug-likeness (QED) is 0.385. The van der Waals surface area contributed by atoms with Crippen molar-refractivity contribution in [2.24, 2.45) is 5.10 Å².